The van der Waals surface area contributed by atoms with E-state index in [-0.39, 0.29) is 5.91 Å². The molecule has 2 N–H and O–H groups in total. The van der Waals surface area contributed by atoms with Crippen LogP contribution >= 0.6 is 0 Å². The number of primary amides is 1. The standard InChI is InChI=1S/C19H18N4O3/c20-17(24)14-5-3-7-21-18(14)22-8-10-23(11-9-22)19(25)15-12-26-16-6-2-1-4-13(15)16/h1-7,12H,8-11H2,(H2,20,24). The molecule has 3 heterocycles. The number of rotatable bonds is 3. The lowest BCUT2D eigenvalue weighted by molar-refractivity contribution is 0.0746. The van der Waals surface area contributed by atoms with Gasteiger partial charge in [-0.15, -0.1) is 0 Å². The molecule has 7 nitrogen and oxygen atoms in total. The number of nitrogens with two attached hydrogens (primary N) is 1. The lowest BCUT2D eigenvalue weighted by Crippen LogP contribution is -2.49. The molecule has 0 aliphatic carbocycles. The molecule has 0 atom stereocenters. The maximum absolute atomic E-state index is 12.9. The quantitative estimate of drug-likeness (QED) is 0.779. The third-order valence-electron chi connectivity index (χ3n) is 4.63. The fourth-order valence-corrected chi connectivity index (χ4v) is 3.28. The summed E-state index contributed by atoms with van der Waals surface area (Å²) in [5.41, 5.74) is 7.11. The molecule has 1 saturated heterocycles. The fraction of sp³-hybridized carbons (Fsp3) is 0.211. The first kappa shape index (κ1) is 16.1. The highest BCUT2D eigenvalue weighted by Crippen LogP contribution is 2.24. The predicted octanol–water partition coefficient (Wildman–Crippen LogP) is 1.89. The molecule has 1 aliphatic rings. The smallest absolute Gasteiger partial charge is 0.257 e. The number of carbonyl (C=O) groups excluding carboxylic acids is 2. The van der Waals surface area contributed by atoms with E-state index >= 15 is 0 Å². The van der Waals surface area contributed by atoms with Gasteiger partial charge in [0.2, 0.25) is 0 Å². The molecule has 1 aromatic carbocycles. The summed E-state index contributed by atoms with van der Waals surface area (Å²) in [4.78, 5) is 32.5. The molecule has 0 unspecified atom stereocenters. The van der Waals surface area contributed by atoms with E-state index in [1.54, 1.807) is 23.2 Å². The number of fused-ring (bicyclic) bond motifs is 1. The SMILES string of the molecule is NC(=O)c1cccnc1N1CCN(C(=O)c2coc3ccccc23)CC1. The van der Waals surface area contributed by atoms with Crippen LogP contribution in [0.2, 0.25) is 0 Å². The summed E-state index contributed by atoms with van der Waals surface area (Å²) in [5, 5.41) is 0.820. The van der Waals surface area contributed by atoms with Crippen LogP contribution in [-0.4, -0.2) is 47.9 Å². The van der Waals surface area contributed by atoms with Crippen molar-refractivity contribution >= 4 is 28.6 Å². The average molecular weight is 350 g/mol. The van der Waals surface area contributed by atoms with Crippen LogP contribution in [0.3, 0.4) is 0 Å². The first-order chi connectivity index (χ1) is 12.6. The first-order valence-corrected chi connectivity index (χ1v) is 8.40. The van der Waals surface area contributed by atoms with Crippen LogP contribution < -0.4 is 10.6 Å². The summed E-state index contributed by atoms with van der Waals surface area (Å²) in [6.45, 7) is 2.23. The number of hydrogen-bond acceptors (Lipinski definition) is 5. The molecule has 26 heavy (non-hydrogen) atoms. The summed E-state index contributed by atoms with van der Waals surface area (Å²) in [7, 11) is 0. The van der Waals surface area contributed by atoms with Crippen molar-refractivity contribution in [2.45, 2.75) is 0 Å². The third-order valence-corrected chi connectivity index (χ3v) is 4.63. The zero-order chi connectivity index (χ0) is 18.1. The lowest BCUT2D eigenvalue weighted by Gasteiger charge is -2.35. The molecule has 4 rings (SSSR count). The Hall–Kier alpha value is -3.35. The van der Waals surface area contributed by atoms with Crippen molar-refractivity contribution < 1.29 is 14.0 Å². The van der Waals surface area contributed by atoms with Crippen molar-refractivity contribution in [3.63, 3.8) is 0 Å². The van der Waals surface area contributed by atoms with Crippen LogP contribution in [0.4, 0.5) is 5.82 Å². The Morgan fingerprint density at radius 3 is 2.54 bits per heavy atom. The lowest BCUT2D eigenvalue weighted by atomic mass is 10.1. The molecular formula is C19H18N4O3. The molecule has 0 saturated carbocycles. The molecule has 3 aromatic rings. The van der Waals surface area contributed by atoms with Crippen molar-refractivity contribution in [1.82, 2.24) is 9.88 Å². The van der Waals surface area contributed by atoms with Crippen LogP contribution in [0.1, 0.15) is 20.7 Å². The summed E-state index contributed by atoms with van der Waals surface area (Å²) >= 11 is 0. The number of anilines is 1. The second kappa shape index (κ2) is 6.51. The Morgan fingerprint density at radius 1 is 1.00 bits per heavy atom. The number of benzene rings is 1. The van der Waals surface area contributed by atoms with Gasteiger partial charge in [0, 0.05) is 37.8 Å². The van der Waals surface area contributed by atoms with Crippen LogP contribution in [0.15, 0.2) is 53.3 Å². The number of piperazine rings is 1. The molecule has 1 fully saturated rings. The second-order valence-corrected chi connectivity index (χ2v) is 6.16. The van der Waals surface area contributed by atoms with E-state index in [0.717, 1.165) is 5.39 Å². The zero-order valence-electron chi connectivity index (χ0n) is 14.1. The molecule has 0 radical (unpaired) electrons. The molecule has 132 valence electrons. The van der Waals surface area contributed by atoms with Crippen molar-refractivity contribution in [3.05, 3.63) is 60.0 Å². The maximum Gasteiger partial charge on any atom is 0.257 e. The largest absolute Gasteiger partial charge is 0.463 e. The van der Waals surface area contributed by atoms with E-state index in [4.69, 9.17) is 10.2 Å². The number of carbonyl (C=O) groups is 2. The van der Waals surface area contributed by atoms with E-state index in [2.05, 4.69) is 4.98 Å². The fourth-order valence-electron chi connectivity index (χ4n) is 3.28. The Morgan fingerprint density at radius 2 is 1.77 bits per heavy atom. The van der Waals surface area contributed by atoms with Gasteiger partial charge < -0.3 is 20.0 Å². The van der Waals surface area contributed by atoms with Gasteiger partial charge in [0.15, 0.2) is 0 Å². The molecule has 2 amide bonds. The minimum atomic E-state index is -0.503. The third kappa shape index (κ3) is 2.77. The van der Waals surface area contributed by atoms with Crippen molar-refractivity contribution in [2.24, 2.45) is 5.73 Å². The van der Waals surface area contributed by atoms with E-state index in [1.807, 2.05) is 29.2 Å². The highest BCUT2D eigenvalue weighted by Gasteiger charge is 2.26. The van der Waals surface area contributed by atoms with E-state index < -0.39 is 5.91 Å². The van der Waals surface area contributed by atoms with Gasteiger partial charge >= 0.3 is 0 Å². The summed E-state index contributed by atoms with van der Waals surface area (Å²) in [5.74, 6) is 0.0167. The zero-order valence-corrected chi connectivity index (χ0v) is 14.1. The van der Waals surface area contributed by atoms with Gasteiger partial charge in [-0.2, -0.15) is 0 Å². The number of aromatic nitrogens is 1. The molecule has 0 bridgehead atoms. The minimum absolute atomic E-state index is 0.0502. The molecule has 1 aliphatic heterocycles. The number of nitrogens with zero attached hydrogens (tertiary/aromatic N) is 3. The Balaban J connectivity index is 1.50. The highest BCUT2D eigenvalue weighted by atomic mass is 16.3. The summed E-state index contributed by atoms with van der Waals surface area (Å²) in [6, 6.07) is 10.8. The van der Waals surface area contributed by atoms with E-state index in [1.165, 1.54) is 6.26 Å². The molecule has 7 heteroatoms. The van der Waals surface area contributed by atoms with E-state index in [9.17, 15) is 9.59 Å². The molecule has 2 aromatic heterocycles. The number of hydrogen-bond donors (Lipinski definition) is 1. The number of amides is 2. The monoisotopic (exact) mass is 350 g/mol. The van der Waals surface area contributed by atoms with Crippen molar-refractivity contribution in [2.75, 3.05) is 31.1 Å². The summed E-state index contributed by atoms with van der Waals surface area (Å²) < 4.78 is 5.47. The molecule has 0 spiro atoms. The number of furan rings is 1. The van der Waals surface area contributed by atoms with Gasteiger partial charge in [-0.3, -0.25) is 9.59 Å². The van der Waals surface area contributed by atoms with Crippen molar-refractivity contribution in [1.29, 1.82) is 0 Å². The van der Waals surface area contributed by atoms with Crippen LogP contribution in [-0.2, 0) is 0 Å². The van der Waals surface area contributed by atoms with Crippen LogP contribution in [0, 0.1) is 0 Å². The van der Waals surface area contributed by atoms with E-state index in [0.29, 0.717) is 48.7 Å². The second-order valence-electron chi connectivity index (χ2n) is 6.16. The number of para-hydroxylation sites is 1. The normalized spacial score (nSPS) is 14.6. The van der Waals surface area contributed by atoms with Gasteiger partial charge in [-0.1, -0.05) is 18.2 Å². The highest BCUT2D eigenvalue weighted by molar-refractivity contribution is 6.06. The summed E-state index contributed by atoms with van der Waals surface area (Å²) in [6.07, 6.45) is 3.15. The molecular weight excluding hydrogens is 332 g/mol. The Labute approximate surface area is 150 Å². The van der Waals surface area contributed by atoms with Crippen LogP contribution in [0.5, 0.6) is 0 Å². The number of pyridine rings is 1. The van der Waals surface area contributed by atoms with Gasteiger partial charge in [-0.05, 0) is 18.2 Å². The predicted molar refractivity (Wildman–Crippen MR) is 97.1 cm³/mol. The van der Waals surface area contributed by atoms with Gasteiger partial charge in [0.1, 0.15) is 17.7 Å². The first-order valence-electron chi connectivity index (χ1n) is 8.40. The van der Waals surface area contributed by atoms with Gasteiger partial charge in [0.05, 0.1) is 11.1 Å². The Kier molecular flexibility index (Phi) is 4.04. The van der Waals surface area contributed by atoms with Crippen LogP contribution in [0.25, 0.3) is 11.0 Å². The Bertz CT molecular complexity index is 974. The van der Waals surface area contributed by atoms with Gasteiger partial charge in [-0.25, -0.2) is 4.98 Å². The van der Waals surface area contributed by atoms with Crippen molar-refractivity contribution in [3.8, 4) is 0 Å². The van der Waals surface area contributed by atoms with Gasteiger partial charge in [0.25, 0.3) is 11.8 Å². The topological polar surface area (TPSA) is 92.7 Å². The maximum atomic E-state index is 12.9. The minimum Gasteiger partial charge on any atom is -0.463 e. The average Bonchev–Trinajstić information content (AvgIpc) is 3.11.